The standard InChI is InChI=1S/C14H10ClNO/c15-11-4-2-1-3-9(11)12-6-5-10-13(16-12)7-8-14(10)17/h1-6H,7-8H2. The van der Waals surface area contributed by atoms with Crippen LogP contribution < -0.4 is 0 Å². The molecule has 1 aliphatic rings. The second kappa shape index (κ2) is 3.97. The molecule has 1 aliphatic carbocycles. The first-order valence-electron chi connectivity index (χ1n) is 5.54. The fourth-order valence-corrected chi connectivity index (χ4v) is 2.36. The summed E-state index contributed by atoms with van der Waals surface area (Å²) in [5.74, 6) is 0.193. The minimum atomic E-state index is 0.193. The lowest BCUT2D eigenvalue weighted by molar-refractivity contribution is 0.0994. The first-order chi connectivity index (χ1) is 8.25. The van der Waals surface area contributed by atoms with Crippen LogP contribution in [-0.4, -0.2) is 10.8 Å². The first kappa shape index (κ1) is 10.5. The zero-order valence-electron chi connectivity index (χ0n) is 9.11. The number of carbonyl (C=O) groups excluding carboxylic acids is 1. The molecule has 3 heteroatoms. The molecule has 0 saturated carbocycles. The molecular formula is C14H10ClNO. The molecule has 0 N–H and O–H groups in total. The van der Waals surface area contributed by atoms with Crippen molar-refractivity contribution in [3.05, 3.63) is 52.7 Å². The molecule has 2 aromatic rings. The van der Waals surface area contributed by atoms with Gasteiger partial charge in [0.25, 0.3) is 0 Å². The van der Waals surface area contributed by atoms with Gasteiger partial charge in [0, 0.05) is 22.6 Å². The Morgan fingerprint density at radius 2 is 1.82 bits per heavy atom. The molecule has 0 unspecified atom stereocenters. The Balaban J connectivity index is 2.12. The van der Waals surface area contributed by atoms with Gasteiger partial charge in [0.05, 0.1) is 11.4 Å². The molecule has 1 heterocycles. The second-order valence-electron chi connectivity index (χ2n) is 4.09. The van der Waals surface area contributed by atoms with E-state index in [2.05, 4.69) is 4.98 Å². The largest absolute Gasteiger partial charge is 0.294 e. The maximum absolute atomic E-state index is 11.5. The van der Waals surface area contributed by atoms with Gasteiger partial charge >= 0.3 is 0 Å². The molecule has 0 fully saturated rings. The van der Waals surface area contributed by atoms with E-state index in [4.69, 9.17) is 11.6 Å². The third-order valence-electron chi connectivity index (χ3n) is 3.01. The normalized spacial score (nSPS) is 13.8. The number of nitrogens with zero attached hydrogens (tertiary/aromatic N) is 1. The van der Waals surface area contributed by atoms with Crippen molar-refractivity contribution in [3.63, 3.8) is 0 Å². The van der Waals surface area contributed by atoms with Gasteiger partial charge in [-0.3, -0.25) is 9.78 Å². The summed E-state index contributed by atoms with van der Waals surface area (Å²) < 4.78 is 0. The lowest BCUT2D eigenvalue weighted by Gasteiger charge is -2.05. The van der Waals surface area contributed by atoms with Gasteiger partial charge in [-0.15, -0.1) is 0 Å². The Bertz CT molecular complexity index is 607. The van der Waals surface area contributed by atoms with Crippen molar-refractivity contribution in [2.45, 2.75) is 12.8 Å². The van der Waals surface area contributed by atoms with Crippen molar-refractivity contribution >= 4 is 17.4 Å². The number of rotatable bonds is 1. The predicted molar refractivity (Wildman–Crippen MR) is 67.3 cm³/mol. The van der Waals surface area contributed by atoms with Crippen LogP contribution in [0.2, 0.25) is 5.02 Å². The van der Waals surface area contributed by atoms with Gasteiger partial charge in [0.1, 0.15) is 0 Å². The van der Waals surface area contributed by atoms with Crippen LogP contribution in [0.4, 0.5) is 0 Å². The number of aryl methyl sites for hydroxylation is 1. The zero-order valence-corrected chi connectivity index (χ0v) is 9.87. The molecule has 0 atom stereocenters. The van der Waals surface area contributed by atoms with E-state index < -0.39 is 0 Å². The third kappa shape index (κ3) is 1.75. The fourth-order valence-electron chi connectivity index (χ4n) is 2.13. The van der Waals surface area contributed by atoms with Crippen LogP contribution in [0.3, 0.4) is 0 Å². The highest BCUT2D eigenvalue weighted by Gasteiger charge is 2.21. The molecule has 0 aliphatic heterocycles. The number of ketones is 1. The van der Waals surface area contributed by atoms with Crippen LogP contribution in [-0.2, 0) is 6.42 Å². The number of hydrogen-bond acceptors (Lipinski definition) is 2. The van der Waals surface area contributed by atoms with E-state index in [1.807, 2.05) is 36.4 Å². The van der Waals surface area contributed by atoms with Gasteiger partial charge in [-0.05, 0) is 24.6 Å². The molecular weight excluding hydrogens is 234 g/mol. The van der Waals surface area contributed by atoms with E-state index in [-0.39, 0.29) is 5.78 Å². The zero-order chi connectivity index (χ0) is 11.8. The molecule has 1 aromatic carbocycles. The van der Waals surface area contributed by atoms with Crippen molar-refractivity contribution in [1.82, 2.24) is 4.98 Å². The molecule has 1 aromatic heterocycles. The quantitative estimate of drug-likeness (QED) is 0.767. The predicted octanol–water partition coefficient (Wildman–Crippen LogP) is 3.53. The van der Waals surface area contributed by atoms with Crippen LogP contribution in [0.5, 0.6) is 0 Å². The molecule has 84 valence electrons. The van der Waals surface area contributed by atoms with E-state index in [0.717, 1.165) is 28.9 Å². The number of aromatic nitrogens is 1. The summed E-state index contributed by atoms with van der Waals surface area (Å²) in [5, 5.41) is 0.685. The summed E-state index contributed by atoms with van der Waals surface area (Å²) in [5.41, 5.74) is 3.41. The number of pyridine rings is 1. The summed E-state index contributed by atoms with van der Waals surface area (Å²) in [6.45, 7) is 0. The molecule has 2 nitrogen and oxygen atoms in total. The minimum Gasteiger partial charge on any atom is -0.294 e. The van der Waals surface area contributed by atoms with Gasteiger partial charge in [0.2, 0.25) is 0 Å². The average molecular weight is 244 g/mol. The van der Waals surface area contributed by atoms with Crippen LogP contribution in [0.15, 0.2) is 36.4 Å². The highest BCUT2D eigenvalue weighted by atomic mass is 35.5. The summed E-state index contributed by atoms with van der Waals surface area (Å²) in [6.07, 6.45) is 1.32. The monoisotopic (exact) mass is 243 g/mol. The Labute approximate surface area is 104 Å². The summed E-state index contributed by atoms with van der Waals surface area (Å²) in [6, 6.07) is 11.3. The highest BCUT2D eigenvalue weighted by Crippen LogP contribution is 2.29. The maximum Gasteiger partial charge on any atom is 0.165 e. The molecule has 0 amide bonds. The van der Waals surface area contributed by atoms with E-state index in [9.17, 15) is 4.79 Å². The Morgan fingerprint density at radius 3 is 2.65 bits per heavy atom. The van der Waals surface area contributed by atoms with Gasteiger partial charge < -0.3 is 0 Å². The molecule has 0 spiro atoms. The van der Waals surface area contributed by atoms with Crippen molar-refractivity contribution in [2.24, 2.45) is 0 Å². The van der Waals surface area contributed by atoms with Crippen molar-refractivity contribution in [3.8, 4) is 11.3 Å². The lowest BCUT2D eigenvalue weighted by atomic mass is 10.1. The Kier molecular flexibility index (Phi) is 2.45. The maximum atomic E-state index is 11.5. The summed E-state index contributed by atoms with van der Waals surface area (Å²) >= 11 is 6.13. The van der Waals surface area contributed by atoms with Crippen LogP contribution >= 0.6 is 11.6 Å². The van der Waals surface area contributed by atoms with Crippen LogP contribution in [0.1, 0.15) is 22.5 Å². The average Bonchev–Trinajstić information content (AvgIpc) is 2.71. The fraction of sp³-hybridized carbons (Fsp3) is 0.143. The number of fused-ring (bicyclic) bond motifs is 1. The molecule has 0 saturated heterocycles. The van der Waals surface area contributed by atoms with E-state index in [1.54, 1.807) is 0 Å². The van der Waals surface area contributed by atoms with E-state index in [0.29, 0.717) is 11.4 Å². The van der Waals surface area contributed by atoms with Gasteiger partial charge in [-0.25, -0.2) is 0 Å². The minimum absolute atomic E-state index is 0.193. The molecule has 0 radical (unpaired) electrons. The van der Waals surface area contributed by atoms with Crippen LogP contribution in [0.25, 0.3) is 11.3 Å². The molecule has 0 bridgehead atoms. The SMILES string of the molecule is O=C1CCc2nc(-c3ccccc3Cl)ccc21. The van der Waals surface area contributed by atoms with Crippen molar-refractivity contribution < 1.29 is 4.79 Å². The number of hydrogen-bond donors (Lipinski definition) is 0. The first-order valence-corrected chi connectivity index (χ1v) is 5.91. The summed E-state index contributed by atoms with van der Waals surface area (Å²) in [4.78, 5) is 16.0. The lowest BCUT2D eigenvalue weighted by Crippen LogP contribution is -1.94. The third-order valence-corrected chi connectivity index (χ3v) is 3.34. The Hall–Kier alpha value is -1.67. The van der Waals surface area contributed by atoms with Gasteiger partial charge in [-0.2, -0.15) is 0 Å². The highest BCUT2D eigenvalue weighted by molar-refractivity contribution is 6.33. The number of carbonyl (C=O) groups is 1. The van der Waals surface area contributed by atoms with Gasteiger partial charge in [0.15, 0.2) is 5.78 Å². The van der Waals surface area contributed by atoms with Crippen LogP contribution in [0, 0.1) is 0 Å². The molecule has 17 heavy (non-hydrogen) atoms. The van der Waals surface area contributed by atoms with E-state index >= 15 is 0 Å². The second-order valence-corrected chi connectivity index (χ2v) is 4.50. The van der Waals surface area contributed by atoms with Crippen molar-refractivity contribution in [1.29, 1.82) is 0 Å². The topological polar surface area (TPSA) is 30.0 Å². The number of Topliss-reactive ketones (excluding diaryl/α,β-unsaturated/α-hetero) is 1. The summed E-state index contributed by atoms with van der Waals surface area (Å²) in [7, 11) is 0. The number of benzene rings is 1. The van der Waals surface area contributed by atoms with Gasteiger partial charge in [-0.1, -0.05) is 29.8 Å². The Morgan fingerprint density at radius 1 is 1.00 bits per heavy atom. The smallest absolute Gasteiger partial charge is 0.165 e. The van der Waals surface area contributed by atoms with E-state index in [1.165, 1.54) is 0 Å². The molecule has 3 rings (SSSR count). The number of halogens is 1. The van der Waals surface area contributed by atoms with Crippen molar-refractivity contribution in [2.75, 3.05) is 0 Å².